The van der Waals surface area contributed by atoms with Gasteiger partial charge in [0.1, 0.15) is 5.78 Å². The average Bonchev–Trinajstić information content (AvgIpc) is 1.82. The van der Waals surface area contributed by atoms with Crippen molar-refractivity contribution in [3.8, 4) is 0 Å². The molecule has 54 valence electrons. The van der Waals surface area contributed by atoms with Crippen LogP contribution in [0.3, 0.4) is 0 Å². The van der Waals surface area contributed by atoms with Crippen molar-refractivity contribution in [1.29, 1.82) is 0 Å². The zero-order chi connectivity index (χ0) is 7.28. The summed E-state index contributed by atoms with van der Waals surface area (Å²) in [7, 11) is 0. The lowest BCUT2D eigenvalue weighted by molar-refractivity contribution is -0.120. The van der Waals surface area contributed by atoms with Gasteiger partial charge in [0.15, 0.2) is 0 Å². The van der Waals surface area contributed by atoms with E-state index in [1.807, 2.05) is 6.92 Å². The smallest absolute Gasteiger partial charge is 0.132 e. The molecular formula is C7H14OS. The van der Waals surface area contributed by atoms with Crippen molar-refractivity contribution in [3.63, 3.8) is 0 Å². The Balaban J connectivity index is 3.27. The molecule has 1 unspecified atom stereocenters. The topological polar surface area (TPSA) is 17.1 Å². The van der Waals surface area contributed by atoms with Gasteiger partial charge in [0, 0.05) is 5.92 Å². The van der Waals surface area contributed by atoms with Gasteiger partial charge in [-0.25, -0.2) is 0 Å². The van der Waals surface area contributed by atoms with Crippen LogP contribution in [0.1, 0.15) is 26.7 Å². The first-order valence-corrected chi connectivity index (χ1v) is 3.93. The van der Waals surface area contributed by atoms with E-state index in [9.17, 15) is 4.79 Å². The van der Waals surface area contributed by atoms with Crippen LogP contribution in [0.15, 0.2) is 0 Å². The van der Waals surface area contributed by atoms with Crippen molar-refractivity contribution in [1.82, 2.24) is 0 Å². The first kappa shape index (κ1) is 9.02. The van der Waals surface area contributed by atoms with Crippen molar-refractivity contribution in [3.05, 3.63) is 0 Å². The third-order valence-electron chi connectivity index (χ3n) is 1.49. The average molecular weight is 146 g/mol. The Bertz CT molecular complexity index is 90.9. The number of hydrogen-bond acceptors (Lipinski definition) is 2. The minimum atomic E-state index is 0.233. The third-order valence-corrected chi connectivity index (χ3v) is 1.81. The van der Waals surface area contributed by atoms with Crippen molar-refractivity contribution in [2.45, 2.75) is 26.7 Å². The summed E-state index contributed by atoms with van der Waals surface area (Å²) < 4.78 is 0. The van der Waals surface area contributed by atoms with Gasteiger partial charge in [0.2, 0.25) is 0 Å². The van der Waals surface area contributed by atoms with Gasteiger partial charge in [-0.05, 0) is 25.5 Å². The fourth-order valence-corrected chi connectivity index (χ4v) is 0.783. The molecule has 0 aromatic rings. The largest absolute Gasteiger partial charge is 0.300 e. The summed E-state index contributed by atoms with van der Waals surface area (Å²) in [5.41, 5.74) is 0. The van der Waals surface area contributed by atoms with E-state index < -0.39 is 0 Å². The Morgan fingerprint density at radius 3 is 2.56 bits per heavy atom. The molecule has 0 amide bonds. The molecular weight excluding hydrogens is 132 g/mol. The molecule has 1 atom stereocenters. The Morgan fingerprint density at radius 2 is 2.22 bits per heavy atom. The van der Waals surface area contributed by atoms with E-state index in [1.165, 1.54) is 0 Å². The molecule has 0 saturated carbocycles. The molecule has 0 aliphatic carbocycles. The Labute approximate surface area is 62.2 Å². The van der Waals surface area contributed by atoms with Crippen LogP contribution in [0.4, 0.5) is 0 Å². The van der Waals surface area contributed by atoms with Gasteiger partial charge in [-0.3, -0.25) is 4.79 Å². The SMILES string of the molecule is CC(=O)C(C)CCCS. The lowest BCUT2D eigenvalue weighted by atomic mass is 10.0. The molecule has 0 bridgehead atoms. The maximum atomic E-state index is 10.6. The Kier molecular flexibility index (Phi) is 4.87. The molecule has 0 N–H and O–H groups in total. The molecule has 0 radical (unpaired) electrons. The van der Waals surface area contributed by atoms with Crippen molar-refractivity contribution >= 4 is 18.4 Å². The van der Waals surface area contributed by atoms with Gasteiger partial charge in [-0.15, -0.1) is 0 Å². The third kappa shape index (κ3) is 4.52. The Morgan fingerprint density at radius 1 is 1.67 bits per heavy atom. The van der Waals surface area contributed by atoms with Gasteiger partial charge < -0.3 is 0 Å². The van der Waals surface area contributed by atoms with E-state index in [1.54, 1.807) is 6.92 Å². The minimum absolute atomic E-state index is 0.233. The first-order chi connectivity index (χ1) is 4.18. The quantitative estimate of drug-likeness (QED) is 0.600. The molecule has 0 saturated heterocycles. The lowest BCUT2D eigenvalue weighted by Crippen LogP contribution is -2.05. The zero-order valence-electron chi connectivity index (χ0n) is 6.05. The second-order valence-electron chi connectivity index (χ2n) is 2.38. The summed E-state index contributed by atoms with van der Waals surface area (Å²) in [4.78, 5) is 10.6. The minimum Gasteiger partial charge on any atom is -0.300 e. The standard InChI is InChI=1S/C7H14OS/c1-6(7(2)8)4-3-5-9/h6,9H,3-5H2,1-2H3. The second-order valence-corrected chi connectivity index (χ2v) is 2.82. The fraction of sp³-hybridized carbons (Fsp3) is 0.857. The van der Waals surface area contributed by atoms with Gasteiger partial charge >= 0.3 is 0 Å². The van der Waals surface area contributed by atoms with Gasteiger partial charge in [-0.1, -0.05) is 6.92 Å². The summed E-state index contributed by atoms with van der Waals surface area (Å²) in [6.45, 7) is 3.61. The van der Waals surface area contributed by atoms with Crippen LogP contribution < -0.4 is 0 Å². The monoisotopic (exact) mass is 146 g/mol. The van der Waals surface area contributed by atoms with Crippen molar-refractivity contribution in [2.24, 2.45) is 5.92 Å². The van der Waals surface area contributed by atoms with Crippen LogP contribution >= 0.6 is 12.6 Å². The molecule has 0 aromatic carbocycles. The normalized spacial score (nSPS) is 13.2. The van der Waals surface area contributed by atoms with Crippen LogP contribution in [0.2, 0.25) is 0 Å². The van der Waals surface area contributed by atoms with Gasteiger partial charge in [0.25, 0.3) is 0 Å². The number of thiol groups is 1. The first-order valence-electron chi connectivity index (χ1n) is 3.29. The summed E-state index contributed by atoms with van der Waals surface area (Å²) >= 11 is 4.05. The van der Waals surface area contributed by atoms with E-state index in [0.717, 1.165) is 18.6 Å². The van der Waals surface area contributed by atoms with Gasteiger partial charge in [0.05, 0.1) is 0 Å². The summed E-state index contributed by atoms with van der Waals surface area (Å²) in [5, 5.41) is 0. The summed E-state index contributed by atoms with van der Waals surface area (Å²) in [6, 6.07) is 0. The maximum absolute atomic E-state index is 10.6. The van der Waals surface area contributed by atoms with Gasteiger partial charge in [-0.2, -0.15) is 12.6 Å². The van der Waals surface area contributed by atoms with E-state index in [2.05, 4.69) is 12.6 Å². The number of ketones is 1. The summed E-state index contributed by atoms with van der Waals surface area (Å²) in [5.74, 6) is 1.41. The predicted octanol–water partition coefficient (Wildman–Crippen LogP) is 1.92. The molecule has 0 heterocycles. The number of carbonyl (C=O) groups excluding carboxylic acids is 1. The predicted molar refractivity (Wildman–Crippen MR) is 42.9 cm³/mol. The molecule has 1 nitrogen and oxygen atoms in total. The molecule has 0 rings (SSSR count). The van der Waals surface area contributed by atoms with Crippen LogP contribution in [-0.2, 0) is 4.79 Å². The van der Waals surface area contributed by atoms with E-state index >= 15 is 0 Å². The zero-order valence-corrected chi connectivity index (χ0v) is 6.95. The Hall–Kier alpha value is 0.0200. The highest BCUT2D eigenvalue weighted by molar-refractivity contribution is 7.80. The highest BCUT2D eigenvalue weighted by Crippen LogP contribution is 2.06. The molecule has 0 aliphatic rings. The molecule has 0 aromatic heterocycles. The van der Waals surface area contributed by atoms with Crippen LogP contribution in [0.25, 0.3) is 0 Å². The molecule has 9 heavy (non-hydrogen) atoms. The van der Waals surface area contributed by atoms with Crippen LogP contribution in [-0.4, -0.2) is 11.5 Å². The summed E-state index contributed by atoms with van der Waals surface area (Å²) in [6.07, 6.45) is 2.03. The number of carbonyl (C=O) groups is 1. The molecule has 0 aliphatic heterocycles. The van der Waals surface area contributed by atoms with E-state index in [-0.39, 0.29) is 11.7 Å². The number of rotatable bonds is 4. The van der Waals surface area contributed by atoms with Crippen LogP contribution in [0.5, 0.6) is 0 Å². The molecule has 0 fully saturated rings. The maximum Gasteiger partial charge on any atom is 0.132 e. The lowest BCUT2D eigenvalue weighted by Gasteiger charge is -2.03. The van der Waals surface area contributed by atoms with E-state index in [4.69, 9.17) is 0 Å². The van der Waals surface area contributed by atoms with Crippen molar-refractivity contribution in [2.75, 3.05) is 5.75 Å². The van der Waals surface area contributed by atoms with E-state index in [0.29, 0.717) is 0 Å². The number of Topliss-reactive ketones (excluding diaryl/α,β-unsaturated/α-hetero) is 1. The van der Waals surface area contributed by atoms with Crippen molar-refractivity contribution < 1.29 is 4.79 Å². The second kappa shape index (κ2) is 4.86. The molecule has 2 heteroatoms. The highest BCUT2D eigenvalue weighted by atomic mass is 32.1. The number of hydrogen-bond donors (Lipinski definition) is 1. The molecule has 0 spiro atoms. The van der Waals surface area contributed by atoms with Crippen LogP contribution in [0, 0.1) is 5.92 Å². The highest BCUT2D eigenvalue weighted by Gasteiger charge is 2.04. The fourth-order valence-electron chi connectivity index (χ4n) is 0.601.